The van der Waals surface area contributed by atoms with Crippen LogP contribution in [0.15, 0.2) is 52.2 Å². The van der Waals surface area contributed by atoms with Gasteiger partial charge < -0.3 is 16.0 Å². The molecule has 0 radical (unpaired) electrons. The molecule has 0 aliphatic heterocycles. The van der Waals surface area contributed by atoms with Gasteiger partial charge >= 0.3 is 0 Å². The van der Waals surface area contributed by atoms with Crippen LogP contribution in [0.4, 0.5) is 20.2 Å². The number of benzene rings is 2. The van der Waals surface area contributed by atoms with Crippen molar-refractivity contribution in [2.75, 3.05) is 16.4 Å². The number of carbonyl (C=O) groups excluding carboxylic acids is 3. The van der Waals surface area contributed by atoms with Gasteiger partial charge in [0, 0.05) is 35.8 Å². The molecule has 0 atom stereocenters. The number of aromatic nitrogens is 1. The molecule has 3 amide bonds. The summed E-state index contributed by atoms with van der Waals surface area (Å²) in [6.07, 6.45) is -0.0464. The molecule has 33 heavy (non-hydrogen) atoms. The Labute approximate surface area is 197 Å². The topological polar surface area (TPSA) is 100 Å². The molecule has 3 N–H and O–H groups in total. The summed E-state index contributed by atoms with van der Waals surface area (Å²) in [5.74, 6) is -2.21. The second-order valence-corrected chi connectivity index (χ2v) is 8.94. The molecule has 3 aromatic rings. The van der Waals surface area contributed by atoms with Gasteiger partial charge in [0.1, 0.15) is 11.6 Å². The zero-order valence-electron chi connectivity index (χ0n) is 17.5. The van der Waals surface area contributed by atoms with E-state index in [1.165, 1.54) is 36.1 Å². The predicted octanol–water partition coefficient (Wildman–Crippen LogP) is 3.97. The van der Waals surface area contributed by atoms with Crippen molar-refractivity contribution in [2.45, 2.75) is 24.2 Å². The third-order valence-electron chi connectivity index (χ3n) is 4.19. The van der Waals surface area contributed by atoms with Crippen molar-refractivity contribution in [1.82, 2.24) is 10.3 Å². The van der Waals surface area contributed by atoms with Gasteiger partial charge in [-0.05, 0) is 30.3 Å². The lowest BCUT2D eigenvalue weighted by molar-refractivity contribution is -0.120. The van der Waals surface area contributed by atoms with E-state index >= 15 is 0 Å². The Morgan fingerprint density at radius 3 is 2.36 bits per heavy atom. The molecule has 11 heteroatoms. The van der Waals surface area contributed by atoms with Gasteiger partial charge in [-0.15, -0.1) is 11.3 Å². The summed E-state index contributed by atoms with van der Waals surface area (Å²) in [6, 6.07) is 10.3. The van der Waals surface area contributed by atoms with Crippen LogP contribution >= 0.6 is 23.1 Å². The molecule has 0 saturated heterocycles. The van der Waals surface area contributed by atoms with Crippen molar-refractivity contribution >= 4 is 52.2 Å². The molecule has 1 heterocycles. The number of hydrogen-bond donors (Lipinski definition) is 3. The summed E-state index contributed by atoms with van der Waals surface area (Å²) in [7, 11) is 0. The summed E-state index contributed by atoms with van der Waals surface area (Å²) in [4.78, 5) is 39.8. The lowest BCUT2D eigenvalue weighted by atomic mass is 10.2. The third kappa shape index (κ3) is 7.65. The van der Waals surface area contributed by atoms with E-state index in [2.05, 4.69) is 20.9 Å². The van der Waals surface area contributed by atoms with Gasteiger partial charge in [-0.2, -0.15) is 0 Å². The Kier molecular flexibility index (Phi) is 8.50. The summed E-state index contributed by atoms with van der Waals surface area (Å²) >= 11 is 2.51. The minimum atomic E-state index is -0.720. The second-order valence-electron chi connectivity index (χ2n) is 6.86. The number of anilines is 2. The minimum absolute atomic E-state index is 0.0464. The molecule has 172 valence electrons. The van der Waals surface area contributed by atoms with Crippen molar-refractivity contribution in [3.05, 3.63) is 70.7 Å². The number of thiazole rings is 1. The first-order valence-corrected chi connectivity index (χ1v) is 11.6. The van der Waals surface area contributed by atoms with Crippen LogP contribution in [0.25, 0.3) is 0 Å². The van der Waals surface area contributed by atoms with Crippen molar-refractivity contribution < 1.29 is 23.2 Å². The Balaban J connectivity index is 1.45. The van der Waals surface area contributed by atoms with E-state index in [-0.39, 0.29) is 36.1 Å². The quantitative estimate of drug-likeness (QED) is 0.394. The number of amides is 3. The lowest BCUT2D eigenvalue weighted by Gasteiger charge is -2.07. The maximum absolute atomic E-state index is 13.6. The fraction of sp³-hybridized carbons (Fsp3) is 0.182. The normalized spacial score (nSPS) is 10.5. The first-order chi connectivity index (χ1) is 15.8. The van der Waals surface area contributed by atoms with E-state index < -0.39 is 17.5 Å². The molecule has 0 fully saturated rings. The molecule has 0 unspecified atom stereocenters. The number of nitrogens with zero attached hydrogens (tertiary/aromatic N) is 1. The molecule has 0 saturated carbocycles. The van der Waals surface area contributed by atoms with Gasteiger partial charge in [-0.1, -0.05) is 23.9 Å². The van der Waals surface area contributed by atoms with E-state index in [0.29, 0.717) is 21.4 Å². The number of nitrogens with one attached hydrogen (secondary N) is 3. The lowest BCUT2D eigenvalue weighted by Crippen LogP contribution is -2.25. The number of carbonyl (C=O) groups is 3. The van der Waals surface area contributed by atoms with E-state index in [1.54, 1.807) is 29.6 Å². The largest absolute Gasteiger partial charge is 0.351 e. The van der Waals surface area contributed by atoms with Gasteiger partial charge in [0.15, 0.2) is 4.34 Å². The molecule has 0 aliphatic carbocycles. The van der Waals surface area contributed by atoms with E-state index in [0.717, 1.165) is 12.1 Å². The second kappa shape index (κ2) is 11.5. The monoisotopic (exact) mass is 490 g/mol. The highest BCUT2D eigenvalue weighted by Crippen LogP contribution is 2.23. The van der Waals surface area contributed by atoms with Crippen LogP contribution in [-0.2, 0) is 27.3 Å². The average Bonchev–Trinajstić information content (AvgIpc) is 3.19. The van der Waals surface area contributed by atoms with Crippen LogP contribution in [0, 0.1) is 11.6 Å². The summed E-state index contributed by atoms with van der Waals surface area (Å²) < 4.78 is 27.9. The smallest absolute Gasteiger partial charge is 0.234 e. The van der Waals surface area contributed by atoms with Crippen LogP contribution < -0.4 is 16.0 Å². The highest BCUT2D eigenvalue weighted by Gasteiger charge is 2.13. The van der Waals surface area contributed by atoms with Crippen LogP contribution in [0.1, 0.15) is 18.2 Å². The minimum Gasteiger partial charge on any atom is -0.351 e. The fourth-order valence-corrected chi connectivity index (χ4v) is 4.40. The predicted molar refractivity (Wildman–Crippen MR) is 124 cm³/mol. The number of hydrogen-bond acceptors (Lipinski definition) is 6. The van der Waals surface area contributed by atoms with E-state index in [1.807, 2.05) is 0 Å². The van der Waals surface area contributed by atoms with E-state index in [9.17, 15) is 23.2 Å². The molecule has 7 nitrogen and oxygen atoms in total. The first kappa shape index (κ1) is 24.3. The van der Waals surface area contributed by atoms with Crippen LogP contribution in [-0.4, -0.2) is 28.5 Å². The molecule has 0 spiro atoms. The van der Waals surface area contributed by atoms with Crippen molar-refractivity contribution in [3.8, 4) is 0 Å². The summed E-state index contributed by atoms with van der Waals surface area (Å²) in [6.45, 7) is 1.14. The molecule has 3 rings (SSSR count). The molecular formula is C22H20F2N4O3S2. The highest BCUT2D eigenvalue weighted by molar-refractivity contribution is 8.01. The van der Waals surface area contributed by atoms with E-state index in [4.69, 9.17) is 0 Å². The first-order valence-electron chi connectivity index (χ1n) is 9.74. The van der Waals surface area contributed by atoms with Crippen molar-refractivity contribution in [3.63, 3.8) is 0 Å². The highest BCUT2D eigenvalue weighted by atomic mass is 32.2. The van der Waals surface area contributed by atoms with Gasteiger partial charge in [0.2, 0.25) is 17.7 Å². The molecule has 0 bridgehead atoms. The van der Waals surface area contributed by atoms with Crippen molar-refractivity contribution in [2.24, 2.45) is 0 Å². The zero-order valence-corrected chi connectivity index (χ0v) is 19.1. The molecule has 2 aromatic carbocycles. The van der Waals surface area contributed by atoms with Crippen LogP contribution in [0.3, 0.4) is 0 Å². The van der Waals surface area contributed by atoms with Crippen LogP contribution in [0.5, 0.6) is 0 Å². The van der Waals surface area contributed by atoms with Gasteiger partial charge in [-0.3, -0.25) is 14.4 Å². The Morgan fingerprint density at radius 2 is 1.67 bits per heavy atom. The Hall–Kier alpha value is -3.31. The summed E-state index contributed by atoms with van der Waals surface area (Å²) in [5, 5.41) is 9.57. The molecule has 1 aromatic heterocycles. The molecular weight excluding hydrogens is 470 g/mol. The molecule has 0 aliphatic rings. The maximum atomic E-state index is 13.6. The maximum Gasteiger partial charge on any atom is 0.234 e. The SMILES string of the molecule is CC(=O)Nc1cccc(NC(=O)CSc2nc(CC(=O)NCc3c(F)cccc3F)cs2)c1. The fourth-order valence-electron chi connectivity index (χ4n) is 2.75. The number of halogens is 2. The van der Waals surface area contributed by atoms with Crippen LogP contribution in [0.2, 0.25) is 0 Å². The van der Waals surface area contributed by atoms with Gasteiger partial charge in [0.25, 0.3) is 0 Å². The Bertz CT molecular complexity index is 1150. The van der Waals surface area contributed by atoms with Crippen molar-refractivity contribution in [1.29, 1.82) is 0 Å². The third-order valence-corrected chi connectivity index (χ3v) is 6.26. The van der Waals surface area contributed by atoms with Gasteiger partial charge in [0.05, 0.1) is 17.9 Å². The number of rotatable bonds is 9. The number of thioether (sulfide) groups is 1. The Morgan fingerprint density at radius 1 is 1.00 bits per heavy atom. The summed E-state index contributed by atoms with van der Waals surface area (Å²) in [5.41, 5.74) is 1.43. The standard InChI is InChI=1S/C22H20F2N4O3S2/c1-13(29)26-14-4-2-5-15(8-14)27-21(31)12-33-22-28-16(11-32-22)9-20(30)25-10-17-18(23)6-3-7-19(17)24/h2-8,11H,9-10,12H2,1H3,(H,25,30)(H,26,29)(H,27,31). The zero-order chi connectivity index (χ0) is 23.8. The van der Waals surface area contributed by atoms with Gasteiger partial charge in [-0.25, -0.2) is 13.8 Å². The average molecular weight is 491 g/mol.